The zero-order chi connectivity index (χ0) is 15.1. The number of guanidine groups is 1. The van der Waals surface area contributed by atoms with E-state index in [0.717, 1.165) is 36.1 Å². The van der Waals surface area contributed by atoms with E-state index in [2.05, 4.69) is 40.1 Å². The Kier molecular flexibility index (Phi) is 6.08. The molecule has 0 aliphatic heterocycles. The van der Waals surface area contributed by atoms with Gasteiger partial charge in [0.15, 0.2) is 5.96 Å². The number of halogens is 1. The van der Waals surface area contributed by atoms with Crippen LogP contribution in [0.5, 0.6) is 0 Å². The standard InChI is InChI=1S/C16H20ClN3S/c1-12-8-10-21-15(12)11-20-16(18-2)19-9-7-13-5-3-4-6-14(13)17/h3-6,8,10H,7,9,11H2,1-2H3,(H2,18,19,20). The van der Waals surface area contributed by atoms with Gasteiger partial charge in [-0.05, 0) is 42.0 Å². The fourth-order valence-electron chi connectivity index (χ4n) is 1.99. The van der Waals surface area contributed by atoms with Crippen molar-refractivity contribution in [3.63, 3.8) is 0 Å². The minimum Gasteiger partial charge on any atom is -0.356 e. The van der Waals surface area contributed by atoms with Crippen molar-refractivity contribution in [1.82, 2.24) is 10.6 Å². The largest absolute Gasteiger partial charge is 0.356 e. The van der Waals surface area contributed by atoms with Gasteiger partial charge in [0.2, 0.25) is 0 Å². The van der Waals surface area contributed by atoms with Gasteiger partial charge in [-0.3, -0.25) is 4.99 Å². The van der Waals surface area contributed by atoms with Crippen molar-refractivity contribution in [1.29, 1.82) is 0 Å². The molecule has 0 bridgehead atoms. The molecule has 0 unspecified atom stereocenters. The van der Waals surface area contributed by atoms with Gasteiger partial charge in [0.25, 0.3) is 0 Å². The van der Waals surface area contributed by atoms with Crippen molar-refractivity contribution >= 4 is 28.9 Å². The predicted octanol–water partition coefficient (Wildman–Crippen LogP) is 3.62. The van der Waals surface area contributed by atoms with Gasteiger partial charge in [-0.2, -0.15) is 0 Å². The lowest BCUT2D eigenvalue weighted by molar-refractivity contribution is 0.798. The average Bonchev–Trinajstić information content (AvgIpc) is 2.90. The van der Waals surface area contributed by atoms with Crippen LogP contribution in [0, 0.1) is 6.92 Å². The van der Waals surface area contributed by atoms with Crippen LogP contribution in [0.4, 0.5) is 0 Å². The first kappa shape index (κ1) is 15.9. The molecule has 112 valence electrons. The molecule has 3 nitrogen and oxygen atoms in total. The zero-order valence-corrected chi connectivity index (χ0v) is 13.9. The molecular formula is C16H20ClN3S. The number of hydrogen-bond donors (Lipinski definition) is 2. The quantitative estimate of drug-likeness (QED) is 0.652. The summed E-state index contributed by atoms with van der Waals surface area (Å²) in [7, 11) is 1.78. The number of nitrogens with zero attached hydrogens (tertiary/aromatic N) is 1. The third-order valence-corrected chi connectivity index (χ3v) is 4.64. The molecule has 0 fully saturated rings. The molecule has 0 radical (unpaired) electrons. The first-order valence-corrected chi connectivity index (χ1v) is 8.17. The van der Waals surface area contributed by atoms with E-state index in [9.17, 15) is 0 Å². The second-order valence-electron chi connectivity index (χ2n) is 4.72. The van der Waals surface area contributed by atoms with Gasteiger partial charge >= 0.3 is 0 Å². The van der Waals surface area contributed by atoms with Crippen molar-refractivity contribution in [2.24, 2.45) is 4.99 Å². The van der Waals surface area contributed by atoms with E-state index in [1.807, 2.05) is 18.2 Å². The Morgan fingerprint density at radius 3 is 2.71 bits per heavy atom. The van der Waals surface area contributed by atoms with Gasteiger partial charge in [0, 0.05) is 23.5 Å². The van der Waals surface area contributed by atoms with E-state index in [1.165, 1.54) is 10.4 Å². The van der Waals surface area contributed by atoms with Crippen molar-refractivity contribution in [3.05, 3.63) is 56.7 Å². The Morgan fingerprint density at radius 1 is 1.24 bits per heavy atom. The summed E-state index contributed by atoms with van der Waals surface area (Å²) >= 11 is 7.91. The second kappa shape index (κ2) is 8.05. The first-order valence-electron chi connectivity index (χ1n) is 6.91. The number of rotatable bonds is 5. The molecule has 0 aliphatic carbocycles. The van der Waals surface area contributed by atoms with Crippen LogP contribution in [0.2, 0.25) is 5.02 Å². The lowest BCUT2D eigenvalue weighted by atomic mass is 10.1. The van der Waals surface area contributed by atoms with Gasteiger partial charge in [0.1, 0.15) is 0 Å². The molecule has 21 heavy (non-hydrogen) atoms. The Bertz CT molecular complexity index is 607. The Labute approximate surface area is 135 Å². The number of benzene rings is 1. The van der Waals surface area contributed by atoms with E-state index < -0.39 is 0 Å². The maximum Gasteiger partial charge on any atom is 0.191 e. The molecule has 0 saturated heterocycles. The monoisotopic (exact) mass is 321 g/mol. The minimum atomic E-state index is 0.798. The Morgan fingerprint density at radius 2 is 2.05 bits per heavy atom. The SMILES string of the molecule is CN=C(NCCc1ccccc1Cl)NCc1sccc1C. The summed E-state index contributed by atoms with van der Waals surface area (Å²) in [6.45, 7) is 3.73. The van der Waals surface area contributed by atoms with Crippen LogP contribution >= 0.6 is 22.9 Å². The Hall–Kier alpha value is -1.52. The summed E-state index contributed by atoms with van der Waals surface area (Å²) in [6, 6.07) is 10.1. The van der Waals surface area contributed by atoms with Gasteiger partial charge in [-0.25, -0.2) is 0 Å². The van der Waals surface area contributed by atoms with Crippen LogP contribution in [-0.4, -0.2) is 19.6 Å². The van der Waals surface area contributed by atoms with Crippen molar-refractivity contribution in [2.75, 3.05) is 13.6 Å². The van der Waals surface area contributed by atoms with Gasteiger partial charge in [-0.15, -0.1) is 11.3 Å². The molecular weight excluding hydrogens is 302 g/mol. The molecule has 2 aromatic rings. The average molecular weight is 322 g/mol. The lowest BCUT2D eigenvalue weighted by Gasteiger charge is -2.12. The third-order valence-electron chi connectivity index (χ3n) is 3.25. The van der Waals surface area contributed by atoms with Gasteiger partial charge in [0.05, 0.1) is 6.54 Å². The predicted molar refractivity (Wildman–Crippen MR) is 92.4 cm³/mol. The maximum absolute atomic E-state index is 6.15. The zero-order valence-electron chi connectivity index (χ0n) is 12.3. The fraction of sp³-hybridized carbons (Fsp3) is 0.312. The molecule has 1 aromatic carbocycles. The van der Waals surface area contributed by atoms with Crippen LogP contribution in [0.3, 0.4) is 0 Å². The first-order chi connectivity index (χ1) is 10.2. The van der Waals surface area contributed by atoms with E-state index in [4.69, 9.17) is 11.6 Å². The number of aliphatic imine (C=N–C) groups is 1. The van der Waals surface area contributed by atoms with Crippen molar-refractivity contribution in [3.8, 4) is 0 Å². The molecule has 0 amide bonds. The molecule has 2 N–H and O–H groups in total. The fourth-order valence-corrected chi connectivity index (χ4v) is 3.06. The van der Waals surface area contributed by atoms with E-state index >= 15 is 0 Å². The minimum absolute atomic E-state index is 0.798. The van der Waals surface area contributed by atoms with Gasteiger partial charge < -0.3 is 10.6 Å². The topological polar surface area (TPSA) is 36.4 Å². The summed E-state index contributed by atoms with van der Waals surface area (Å²) < 4.78 is 0. The molecule has 1 aromatic heterocycles. The van der Waals surface area contributed by atoms with Crippen LogP contribution in [0.25, 0.3) is 0 Å². The number of aryl methyl sites for hydroxylation is 1. The van der Waals surface area contributed by atoms with Gasteiger partial charge in [-0.1, -0.05) is 29.8 Å². The smallest absolute Gasteiger partial charge is 0.191 e. The molecule has 0 saturated carbocycles. The highest BCUT2D eigenvalue weighted by Gasteiger charge is 2.03. The summed E-state index contributed by atoms with van der Waals surface area (Å²) in [5, 5.41) is 9.57. The van der Waals surface area contributed by atoms with Crippen molar-refractivity contribution < 1.29 is 0 Å². The van der Waals surface area contributed by atoms with Crippen LogP contribution in [-0.2, 0) is 13.0 Å². The summed E-state index contributed by atoms with van der Waals surface area (Å²) in [5.74, 6) is 0.815. The molecule has 5 heteroatoms. The summed E-state index contributed by atoms with van der Waals surface area (Å²) in [5.41, 5.74) is 2.47. The molecule has 1 heterocycles. The van der Waals surface area contributed by atoms with Crippen LogP contribution in [0.15, 0.2) is 40.7 Å². The highest BCUT2D eigenvalue weighted by atomic mass is 35.5. The summed E-state index contributed by atoms with van der Waals surface area (Å²) in [6.07, 6.45) is 0.873. The second-order valence-corrected chi connectivity index (χ2v) is 6.13. The van der Waals surface area contributed by atoms with Crippen LogP contribution in [0.1, 0.15) is 16.0 Å². The lowest BCUT2D eigenvalue weighted by Crippen LogP contribution is -2.37. The molecule has 0 atom stereocenters. The molecule has 0 aliphatic rings. The normalized spacial score (nSPS) is 11.5. The number of nitrogens with one attached hydrogen (secondary N) is 2. The third kappa shape index (κ3) is 4.76. The van der Waals surface area contributed by atoms with E-state index in [-0.39, 0.29) is 0 Å². The number of hydrogen-bond acceptors (Lipinski definition) is 2. The maximum atomic E-state index is 6.15. The Balaban J connectivity index is 1.78. The number of thiophene rings is 1. The summed E-state index contributed by atoms with van der Waals surface area (Å²) in [4.78, 5) is 5.57. The molecule has 2 rings (SSSR count). The van der Waals surface area contributed by atoms with Crippen molar-refractivity contribution in [2.45, 2.75) is 19.9 Å². The van der Waals surface area contributed by atoms with Crippen LogP contribution < -0.4 is 10.6 Å². The highest BCUT2D eigenvalue weighted by Crippen LogP contribution is 2.15. The van der Waals surface area contributed by atoms with E-state index in [1.54, 1.807) is 18.4 Å². The van der Waals surface area contributed by atoms with E-state index in [0.29, 0.717) is 0 Å². The molecule has 0 spiro atoms. The highest BCUT2D eigenvalue weighted by molar-refractivity contribution is 7.10.